The summed E-state index contributed by atoms with van der Waals surface area (Å²) in [6.07, 6.45) is 0.981. The first kappa shape index (κ1) is 19.5. The zero-order valence-corrected chi connectivity index (χ0v) is 13.2. The van der Waals surface area contributed by atoms with Crippen molar-refractivity contribution in [2.24, 2.45) is 0 Å². The molecular formula is C14H18ClF3N2O3. The van der Waals surface area contributed by atoms with Gasteiger partial charge in [0.15, 0.2) is 11.6 Å². The largest absolute Gasteiger partial charge is 0.432 e. The van der Waals surface area contributed by atoms with E-state index in [1.54, 1.807) is 0 Å². The summed E-state index contributed by atoms with van der Waals surface area (Å²) in [4.78, 5) is 12.4. The zero-order chi connectivity index (χ0) is 16.2. The fourth-order valence-electron chi connectivity index (χ4n) is 2.37. The maximum Gasteiger partial charge on any atom is 0.387 e. The van der Waals surface area contributed by atoms with Gasteiger partial charge in [-0.2, -0.15) is 8.78 Å². The number of alkyl halides is 2. The van der Waals surface area contributed by atoms with E-state index in [1.807, 2.05) is 0 Å². The highest BCUT2D eigenvalue weighted by molar-refractivity contribution is 5.97. The van der Waals surface area contributed by atoms with Crippen LogP contribution in [0.2, 0.25) is 0 Å². The molecule has 2 N–H and O–H groups in total. The molecule has 0 aliphatic carbocycles. The van der Waals surface area contributed by atoms with Gasteiger partial charge in [0, 0.05) is 18.9 Å². The van der Waals surface area contributed by atoms with Crippen LogP contribution in [0, 0.1) is 5.82 Å². The molecule has 1 aliphatic heterocycles. The number of halogens is 4. The van der Waals surface area contributed by atoms with Crippen molar-refractivity contribution in [3.05, 3.63) is 24.0 Å². The van der Waals surface area contributed by atoms with Gasteiger partial charge >= 0.3 is 6.61 Å². The topological polar surface area (TPSA) is 59.6 Å². The third-order valence-electron chi connectivity index (χ3n) is 3.62. The van der Waals surface area contributed by atoms with Crippen LogP contribution < -0.4 is 15.4 Å². The van der Waals surface area contributed by atoms with Crippen molar-refractivity contribution < 1.29 is 27.4 Å². The Morgan fingerprint density at radius 1 is 1.35 bits per heavy atom. The number of hydrogen-bond acceptors (Lipinski definition) is 4. The monoisotopic (exact) mass is 354 g/mol. The Kier molecular flexibility index (Phi) is 7.11. The number of benzene rings is 1. The van der Waals surface area contributed by atoms with Crippen molar-refractivity contribution in [2.45, 2.75) is 25.1 Å². The number of amides is 1. The van der Waals surface area contributed by atoms with Gasteiger partial charge in [-0.25, -0.2) is 4.39 Å². The SMILES string of the molecule is COC1(C(=O)Nc2ccc(OC(F)F)c(F)c2)CCNCC1.Cl. The van der Waals surface area contributed by atoms with Crippen LogP contribution in [-0.2, 0) is 9.53 Å². The lowest BCUT2D eigenvalue weighted by Crippen LogP contribution is -2.51. The van der Waals surface area contributed by atoms with Gasteiger partial charge in [0.2, 0.25) is 0 Å². The first-order valence-corrected chi connectivity index (χ1v) is 6.78. The molecule has 0 saturated carbocycles. The lowest BCUT2D eigenvalue weighted by molar-refractivity contribution is -0.140. The fourth-order valence-corrected chi connectivity index (χ4v) is 2.37. The fraction of sp³-hybridized carbons (Fsp3) is 0.500. The first-order chi connectivity index (χ1) is 10.5. The van der Waals surface area contributed by atoms with E-state index in [9.17, 15) is 18.0 Å². The Labute approximate surface area is 137 Å². The molecule has 9 heteroatoms. The van der Waals surface area contributed by atoms with Crippen molar-refractivity contribution in [1.82, 2.24) is 5.32 Å². The second-order valence-corrected chi connectivity index (χ2v) is 4.93. The maximum absolute atomic E-state index is 13.6. The average molecular weight is 355 g/mol. The summed E-state index contributed by atoms with van der Waals surface area (Å²) >= 11 is 0. The third-order valence-corrected chi connectivity index (χ3v) is 3.62. The number of carbonyl (C=O) groups excluding carboxylic acids is 1. The number of hydrogen-bond donors (Lipinski definition) is 2. The van der Waals surface area contributed by atoms with Crippen LogP contribution >= 0.6 is 12.4 Å². The molecule has 0 bridgehead atoms. The molecular weight excluding hydrogens is 337 g/mol. The van der Waals surface area contributed by atoms with E-state index in [2.05, 4.69) is 15.4 Å². The molecule has 0 atom stereocenters. The number of carbonyl (C=O) groups is 1. The number of anilines is 1. The molecule has 2 rings (SSSR count). The van der Waals surface area contributed by atoms with Crippen LogP contribution in [0.5, 0.6) is 5.75 Å². The second kappa shape index (κ2) is 8.37. The van der Waals surface area contributed by atoms with Gasteiger partial charge in [-0.3, -0.25) is 4.79 Å². The molecule has 1 fully saturated rings. The normalized spacial score (nSPS) is 16.6. The van der Waals surface area contributed by atoms with Crippen LogP contribution in [0.3, 0.4) is 0 Å². The van der Waals surface area contributed by atoms with E-state index in [0.29, 0.717) is 25.9 Å². The number of piperidine rings is 1. The van der Waals surface area contributed by atoms with Crippen LogP contribution in [0.15, 0.2) is 18.2 Å². The molecule has 0 unspecified atom stereocenters. The van der Waals surface area contributed by atoms with E-state index in [0.717, 1.165) is 12.1 Å². The Morgan fingerprint density at radius 3 is 2.52 bits per heavy atom. The minimum Gasteiger partial charge on any atom is -0.432 e. The van der Waals surface area contributed by atoms with E-state index < -0.39 is 29.7 Å². The van der Waals surface area contributed by atoms with Gasteiger partial charge in [0.05, 0.1) is 0 Å². The zero-order valence-electron chi connectivity index (χ0n) is 12.4. The quantitative estimate of drug-likeness (QED) is 0.853. The molecule has 1 amide bonds. The number of nitrogens with one attached hydrogen (secondary N) is 2. The molecule has 0 aromatic heterocycles. The van der Waals surface area contributed by atoms with Crippen molar-refractivity contribution in [2.75, 3.05) is 25.5 Å². The highest BCUT2D eigenvalue weighted by Crippen LogP contribution is 2.27. The highest BCUT2D eigenvalue weighted by Gasteiger charge is 2.39. The summed E-state index contributed by atoms with van der Waals surface area (Å²) < 4.78 is 47.1. The predicted molar refractivity (Wildman–Crippen MR) is 80.8 cm³/mol. The lowest BCUT2D eigenvalue weighted by atomic mass is 9.91. The number of rotatable bonds is 5. The standard InChI is InChI=1S/C14H17F3N2O3.ClH/c1-21-14(4-6-18-7-5-14)12(20)19-9-2-3-11(10(15)8-9)22-13(16)17;/h2-3,8,13,18H,4-7H2,1H3,(H,19,20);1H. The molecule has 1 aliphatic rings. The second-order valence-electron chi connectivity index (χ2n) is 4.93. The molecule has 5 nitrogen and oxygen atoms in total. The molecule has 1 saturated heterocycles. The molecule has 0 spiro atoms. The van der Waals surface area contributed by atoms with Crippen LogP contribution in [0.25, 0.3) is 0 Å². The molecule has 1 aromatic rings. The average Bonchev–Trinajstić information content (AvgIpc) is 2.50. The van der Waals surface area contributed by atoms with E-state index in [1.165, 1.54) is 13.2 Å². The smallest absolute Gasteiger partial charge is 0.387 e. The summed E-state index contributed by atoms with van der Waals surface area (Å²) in [6, 6.07) is 3.27. The van der Waals surface area contributed by atoms with Gasteiger partial charge in [-0.15, -0.1) is 12.4 Å². The molecule has 1 aromatic carbocycles. The van der Waals surface area contributed by atoms with Crippen molar-refractivity contribution in [1.29, 1.82) is 0 Å². The van der Waals surface area contributed by atoms with E-state index in [-0.39, 0.29) is 18.1 Å². The minimum atomic E-state index is -3.11. The van der Waals surface area contributed by atoms with Crippen molar-refractivity contribution in [3.63, 3.8) is 0 Å². The van der Waals surface area contributed by atoms with Crippen molar-refractivity contribution in [3.8, 4) is 5.75 Å². The van der Waals surface area contributed by atoms with Crippen LogP contribution in [0.1, 0.15) is 12.8 Å². The number of methoxy groups -OCH3 is 1. The van der Waals surface area contributed by atoms with E-state index in [4.69, 9.17) is 4.74 Å². The van der Waals surface area contributed by atoms with Gasteiger partial charge in [-0.1, -0.05) is 0 Å². The van der Waals surface area contributed by atoms with E-state index >= 15 is 0 Å². The summed E-state index contributed by atoms with van der Waals surface area (Å²) in [6.45, 7) is -1.84. The predicted octanol–water partition coefficient (Wildman–Crippen LogP) is 2.56. The maximum atomic E-state index is 13.6. The Bertz CT molecular complexity index is 540. The van der Waals surface area contributed by atoms with Gasteiger partial charge in [0.25, 0.3) is 5.91 Å². The molecule has 0 radical (unpaired) electrons. The highest BCUT2D eigenvalue weighted by atomic mass is 35.5. The van der Waals surface area contributed by atoms with Crippen molar-refractivity contribution >= 4 is 24.0 Å². The Hall–Kier alpha value is -1.51. The van der Waals surface area contributed by atoms with Gasteiger partial charge in [0.1, 0.15) is 5.60 Å². The van der Waals surface area contributed by atoms with Gasteiger partial charge < -0.3 is 20.1 Å². The van der Waals surface area contributed by atoms with Crippen LogP contribution in [0.4, 0.5) is 18.9 Å². The Morgan fingerprint density at radius 2 is 2.00 bits per heavy atom. The van der Waals surface area contributed by atoms with Crippen LogP contribution in [-0.4, -0.2) is 38.3 Å². The summed E-state index contributed by atoms with van der Waals surface area (Å²) in [7, 11) is 1.45. The Balaban J connectivity index is 0.00000264. The van der Waals surface area contributed by atoms with Gasteiger partial charge in [-0.05, 0) is 38.1 Å². The summed E-state index contributed by atoms with van der Waals surface area (Å²) in [5.74, 6) is -1.94. The first-order valence-electron chi connectivity index (χ1n) is 6.78. The number of ether oxygens (including phenoxy) is 2. The summed E-state index contributed by atoms with van der Waals surface area (Å²) in [5, 5.41) is 5.67. The third kappa shape index (κ3) is 4.73. The molecule has 1 heterocycles. The lowest BCUT2D eigenvalue weighted by Gasteiger charge is -2.34. The molecule has 130 valence electrons. The minimum absolute atomic E-state index is 0. The summed E-state index contributed by atoms with van der Waals surface area (Å²) in [5.41, 5.74) is -0.820. The molecule has 23 heavy (non-hydrogen) atoms.